The molecule has 0 saturated heterocycles. The van der Waals surface area contributed by atoms with Gasteiger partial charge in [-0.3, -0.25) is 5.10 Å². The number of halogens is 3. The number of nitrogens with zero attached hydrogens (tertiary/aromatic N) is 4. The smallest absolute Gasteiger partial charge is 0.277 e. The summed E-state index contributed by atoms with van der Waals surface area (Å²) in [5.74, 6) is -0.542. The monoisotopic (exact) mass is 398 g/mol. The summed E-state index contributed by atoms with van der Waals surface area (Å²) in [6.07, 6.45) is 0.167. The predicted molar refractivity (Wildman–Crippen MR) is 87.1 cm³/mol. The average molecular weight is 399 g/mol. The minimum absolute atomic E-state index is 0.00904. The third-order valence-electron chi connectivity index (χ3n) is 2.98. The van der Waals surface area contributed by atoms with Crippen LogP contribution in [0.2, 0.25) is 0 Å². The minimum atomic E-state index is -2.78. The van der Waals surface area contributed by atoms with E-state index in [0.717, 1.165) is 20.4 Å². The molecule has 3 rings (SSSR count). The highest BCUT2D eigenvalue weighted by Crippen LogP contribution is 2.22. The predicted octanol–water partition coefficient (Wildman–Crippen LogP) is 3.91. The molecule has 3 aromatic rings. The Balaban J connectivity index is 1.96. The van der Waals surface area contributed by atoms with E-state index in [0.29, 0.717) is 5.56 Å². The van der Waals surface area contributed by atoms with Crippen LogP contribution < -0.4 is 0 Å². The van der Waals surface area contributed by atoms with Crippen molar-refractivity contribution in [2.24, 2.45) is 5.10 Å². The van der Waals surface area contributed by atoms with Crippen LogP contribution >= 0.6 is 28.1 Å². The van der Waals surface area contributed by atoms with E-state index < -0.39 is 12.2 Å². The van der Waals surface area contributed by atoms with E-state index in [1.165, 1.54) is 6.21 Å². The zero-order chi connectivity index (χ0) is 16.4. The number of alkyl halides is 2. The second kappa shape index (κ2) is 6.50. The molecular formula is C13H9BrF2N6S. The molecule has 0 atom stereocenters. The Morgan fingerprint density at radius 2 is 2.00 bits per heavy atom. The Labute approximate surface area is 142 Å². The molecule has 6 nitrogen and oxygen atoms in total. The van der Waals surface area contributed by atoms with E-state index in [1.54, 1.807) is 6.20 Å². The van der Waals surface area contributed by atoms with E-state index in [2.05, 4.69) is 41.4 Å². The molecule has 0 saturated carbocycles. The summed E-state index contributed by atoms with van der Waals surface area (Å²) in [5, 5.41) is 16.6. The van der Waals surface area contributed by atoms with Gasteiger partial charge in [0.05, 0.1) is 18.1 Å². The molecule has 0 spiro atoms. The summed E-state index contributed by atoms with van der Waals surface area (Å²) >= 11 is 8.26. The van der Waals surface area contributed by atoms with Gasteiger partial charge in [0.1, 0.15) is 0 Å². The maximum Gasteiger partial charge on any atom is 0.299 e. The van der Waals surface area contributed by atoms with Crippen molar-refractivity contribution in [3.63, 3.8) is 0 Å². The Morgan fingerprint density at radius 1 is 1.26 bits per heavy atom. The molecule has 0 fully saturated rings. The Kier molecular flexibility index (Phi) is 4.44. The van der Waals surface area contributed by atoms with E-state index in [-0.39, 0.29) is 4.77 Å². The lowest BCUT2D eigenvalue weighted by Crippen LogP contribution is -1.99. The Morgan fingerprint density at radius 3 is 2.70 bits per heavy atom. The van der Waals surface area contributed by atoms with Crippen molar-refractivity contribution in [1.29, 1.82) is 0 Å². The number of aromatic nitrogens is 5. The van der Waals surface area contributed by atoms with Crippen LogP contribution in [0.25, 0.3) is 11.3 Å². The van der Waals surface area contributed by atoms with E-state index >= 15 is 0 Å². The van der Waals surface area contributed by atoms with Crippen molar-refractivity contribution in [3.8, 4) is 11.3 Å². The van der Waals surface area contributed by atoms with Gasteiger partial charge in [-0.1, -0.05) is 28.1 Å². The summed E-state index contributed by atoms with van der Waals surface area (Å²) in [7, 11) is 0. The van der Waals surface area contributed by atoms with Crippen molar-refractivity contribution in [2.75, 3.05) is 0 Å². The van der Waals surface area contributed by atoms with Gasteiger partial charge < -0.3 is 0 Å². The van der Waals surface area contributed by atoms with Gasteiger partial charge >= 0.3 is 0 Å². The molecule has 0 unspecified atom stereocenters. The third kappa shape index (κ3) is 3.27. The maximum absolute atomic E-state index is 12.8. The fraction of sp³-hybridized carbons (Fsp3) is 0.0769. The molecule has 0 bridgehead atoms. The first-order valence-corrected chi connectivity index (χ1v) is 7.55. The molecule has 23 heavy (non-hydrogen) atoms. The van der Waals surface area contributed by atoms with Crippen molar-refractivity contribution in [2.45, 2.75) is 6.43 Å². The second-order valence-electron chi connectivity index (χ2n) is 4.45. The molecular weight excluding hydrogens is 390 g/mol. The third-order valence-corrected chi connectivity index (χ3v) is 3.78. The fourth-order valence-corrected chi connectivity index (χ4v) is 2.37. The number of hydrogen-bond donors (Lipinski definition) is 2. The van der Waals surface area contributed by atoms with Crippen molar-refractivity contribution >= 4 is 34.4 Å². The van der Waals surface area contributed by atoms with Crippen molar-refractivity contribution in [1.82, 2.24) is 25.1 Å². The molecule has 2 N–H and O–H groups in total. The number of rotatable bonds is 4. The summed E-state index contributed by atoms with van der Waals surface area (Å²) in [5.41, 5.74) is 2.24. The highest BCUT2D eigenvalue weighted by molar-refractivity contribution is 9.10. The molecule has 0 radical (unpaired) electrons. The first-order chi connectivity index (χ1) is 11.1. The van der Waals surface area contributed by atoms with Crippen LogP contribution in [0.5, 0.6) is 0 Å². The zero-order valence-electron chi connectivity index (χ0n) is 11.4. The lowest BCUT2D eigenvalue weighted by atomic mass is 10.1. The molecule has 10 heteroatoms. The average Bonchev–Trinajstić information content (AvgIpc) is 3.12. The first kappa shape index (κ1) is 15.7. The van der Waals surface area contributed by atoms with Crippen LogP contribution in [0.15, 0.2) is 40.0 Å². The maximum atomic E-state index is 12.8. The summed E-state index contributed by atoms with van der Waals surface area (Å²) in [4.78, 5) is 0. The fourth-order valence-electron chi connectivity index (χ4n) is 1.92. The van der Waals surface area contributed by atoms with Gasteiger partial charge in [-0.2, -0.15) is 20.0 Å². The van der Waals surface area contributed by atoms with Crippen LogP contribution in [0, 0.1) is 4.77 Å². The van der Waals surface area contributed by atoms with Crippen molar-refractivity contribution < 1.29 is 8.78 Å². The lowest BCUT2D eigenvalue weighted by molar-refractivity contribution is 0.136. The molecule has 118 valence electrons. The largest absolute Gasteiger partial charge is 0.299 e. The molecule has 2 aromatic heterocycles. The minimum Gasteiger partial charge on any atom is -0.277 e. The van der Waals surface area contributed by atoms with Gasteiger partial charge in [0.2, 0.25) is 10.6 Å². The van der Waals surface area contributed by atoms with Crippen molar-refractivity contribution in [3.05, 3.63) is 51.1 Å². The van der Waals surface area contributed by atoms with Gasteiger partial charge in [0.25, 0.3) is 6.43 Å². The van der Waals surface area contributed by atoms with Crippen LogP contribution in [0.4, 0.5) is 8.78 Å². The van der Waals surface area contributed by atoms with Crippen LogP contribution in [0.1, 0.15) is 17.8 Å². The standard InChI is InChI=1S/C13H9BrF2N6S/c14-9-3-1-7(2-4-9)10-8(5-17-19-10)6-18-22-12(11(15)16)20-21-13(22)23/h1-6,11H,(H,17,19)(H,21,23)/b18-6+. The SMILES string of the molecule is FC(F)c1n[nH]c(=S)n1/N=C/c1cn[nH]c1-c1ccc(Br)cc1. The van der Waals surface area contributed by atoms with Gasteiger partial charge in [0.15, 0.2) is 0 Å². The van der Waals surface area contributed by atoms with Crippen LogP contribution in [-0.4, -0.2) is 31.3 Å². The lowest BCUT2D eigenvalue weighted by Gasteiger charge is -2.01. The van der Waals surface area contributed by atoms with E-state index in [9.17, 15) is 8.78 Å². The first-order valence-electron chi connectivity index (χ1n) is 6.35. The van der Waals surface area contributed by atoms with Gasteiger partial charge in [-0.05, 0) is 24.4 Å². The van der Waals surface area contributed by atoms with Gasteiger partial charge in [-0.25, -0.2) is 13.9 Å². The molecule has 2 heterocycles. The number of hydrogen-bond acceptors (Lipinski definition) is 4. The molecule has 0 aliphatic heterocycles. The molecule has 0 aliphatic carbocycles. The highest BCUT2D eigenvalue weighted by Gasteiger charge is 2.16. The number of aromatic amines is 2. The summed E-state index contributed by atoms with van der Waals surface area (Å²) in [6.45, 7) is 0. The quantitative estimate of drug-likeness (QED) is 0.516. The normalized spacial score (nSPS) is 11.7. The molecule has 0 aliphatic rings. The summed E-state index contributed by atoms with van der Waals surface area (Å²) < 4.78 is 27.5. The Hall–Kier alpha value is -2.20. The van der Waals surface area contributed by atoms with Crippen LogP contribution in [-0.2, 0) is 0 Å². The van der Waals surface area contributed by atoms with Gasteiger partial charge in [0, 0.05) is 15.6 Å². The van der Waals surface area contributed by atoms with Gasteiger partial charge in [-0.15, -0.1) is 0 Å². The van der Waals surface area contributed by atoms with Crippen LogP contribution in [0.3, 0.4) is 0 Å². The number of benzene rings is 1. The zero-order valence-corrected chi connectivity index (χ0v) is 13.8. The second-order valence-corrected chi connectivity index (χ2v) is 5.75. The molecule has 1 aromatic carbocycles. The summed E-state index contributed by atoms with van der Waals surface area (Å²) in [6, 6.07) is 7.56. The number of nitrogens with one attached hydrogen (secondary N) is 2. The highest BCUT2D eigenvalue weighted by atomic mass is 79.9. The Bertz CT molecular complexity index is 896. The number of H-pyrrole nitrogens is 2. The topological polar surface area (TPSA) is 74.7 Å². The van der Waals surface area contributed by atoms with E-state index in [4.69, 9.17) is 12.2 Å². The molecule has 0 amide bonds. The van der Waals surface area contributed by atoms with E-state index in [1.807, 2.05) is 24.3 Å².